The summed E-state index contributed by atoms with van der Waals surface area (Å²) in [5.41, 5.74) is 3.18. The number of nitrogens with one attached hydrogen (secondary N) is 1. The van der Waals surface area contributed by atoms with E-state index in [4.69, 9.17) is 4.74 Å². The number of benzene rings is 2. The van der Waals surface area contributed by atoms with Gasteiger partial charge < -0.3 is 15.0 Å². The van der Waals surface area contributed by atoms with Gasteiger partial charge in [-0.05, 0) is 56.2 Å². The van der Waals surface area contributed by atoms with E-state index in [9.17, 15) is 9.59 Å². The van der Waals surface area contributed by atoms with Crippen LogP contribution in [0.15, 0.2) is 42.5 Å². The van der Waals surface area contributed by atoms with Crippen LogP contribution < -0.4 is 15.0 Å². The number of nitrogens with zero attached hydrogens (tertiary/aromatic N) is 1. The highest BCUT2D eigenvalue weighted by molar-refractivity contribution is 6.44. The second kappa shape index (κ2) is 7.64. The molecule has 2 rings (SSSR count). The van der Waals surface area contributed by atoms with Gasteiger partial charge in [0.05, 0.1) is 12.8 Å². The molecule has 0 aliphatic carbocycles. The maximum atomic E-state index is 12.5. The summed E-state index contributed by atoms with van der Waals surface area (Å²) in [4.78, 5) is 26.4. The van der Waals surface area contributed by atoms with Crippen molar-refractivity contribution in [3.63, 3.8) is 0 Å². The van der Waals surface area contributed by atoms with Gasteiger partial charge in [-0.1, -0.05) is 18.2 Å². The first kappa shape index (κ1) is 17.5. The van der Waals surface area contributed by atoms with Crippen LogP contribution in [0.2, 0.25) is 0 Å². The first-order valence-corrected chi connectivity index (χ1v) is 7.80. The smallest absolute Gasteiger partial charge is 0.316 e. The lowest BCUT2D eigenvalue weighted by atomic mass is 10.2. The number of hydrogen-bond donors (Lipinski definition) is 1. The summed E-state index contributed by atoms with van der Waals surface area (Å²) in [5, 5.41) is 2.65. The van der Waals surface area contributed by atoms with E-state index in [1.165, 1.54) is 12.0 Å². The molecule has 0 aliphatic rings. The highest BCUT2D eigenvalue weighted by atomic mass is 16.5. The van der Waals surface area contributed by atoms with Crippen molar-refractivity contribution in [2.24, 2.45) is 0 Å². The van der Waals surface area contributed by atoms with Crippen molar-refractivity contribution >= 4 is 23.2 Å². The lowest BCUT2D eigenvalue weighted by molar-refractivity contribution is -0.134. The number of rotatable bonds is 4. The van der Waals surface area contributed by atoms with Crippen molar-refractivity contribution < 1.29 is 14.3 Å². The van der Waals surface area contributed by atoms with Crippen LogP contribution in [0.4, 0.5) is 11.4 Å². The predicted molar refractivity (Wildman–Crippen MR) is 95.6 cm³/mol. The molecule has 126 valence electrons. The predicted octanol–water partition coefficient (Wildman–Crippen LogP) is 3.30. The number of amides is 2. The first-order chi connectivity index (χ1) is 11.5. The van der Waals surface area contributed by atoms with Crippen molar-refractivity contribution in [1.82, 2.24) is 0 Å². The second-order valence-electron chi connectivity index (χ2n) is 5.55. The van der Waals surface area contributed by atoms with Crippen molar-refractivity contribution in [2.45, 2.75) is 20.8 Å². The van der Waals surface area contributed by atoms with E-state index in [0.29, 0.717) is 23.7 Å². The van der Waals surface area contributed by atoms with Gasteiger partial charge in [0, 0.05) is 12.2 Å². The highest BCUT2D eigenvalue weighted by Gasteiger charge is 2.23. The standard InChI is InChI=1S/C19H22N2O3/c1-5-21(15-8-6-7-13(2)11-15)19(23)18(22)20-16-12-14(3)9-10-17(16)24-4/h6-12H,5H2,1-4H3,(H,20,22). The molecule has 5 heteroatoms. The Kier molecular flexibility index (Phi) is 5.58. The summed E-state index contributed by atoms with van der Waals surface area (Å²) in [6.45, 7) is 6.09. The monoisotopic (exact) mass is 326 g/mol. The molecule has 0 fully saturated rings. The van der Waals surface area contributed by atoms with Gasteiger partial charge in [0.2, 0.25) is 0 Å². The van der Waals surface area contributed by atoms with Gasteiger partial charge in [0.1, 0.15) is 5.75 Å². The Morgan fingerprint density at radius 3 is 2.42 bits per heavy atom. The van der Waals surface area contributed by atoms with Crippen molar-refractivity contribution in [1.29, 1.82) is 0 Å². The molecule has 0 aliphatic heterocycles. The van der Waals surface area contributed by atoms with Gasteiger partial charge in [-0.25, -0.2) is 0 Å². The number of carbonyl (C=O) groups is 2. The minimum atomic E-state index is -0.692. The normalized spacial score (nSPS) is 10.2. The van der Waals surface area contributed by atoms with Crippen LogP contribution in [-0.4, -0.2) is 25.5 Å². The number of aryl methyl sites for hydroxylation is 2. The molecule has 0 unspecified atom stereocenters. The second-order valence-corrected chi connectivity index (χ2v) is 5.55. The molecule has 2 aromatic carbocycles. The van der Waals surface area contributed by atoms with Gasteiger partial charge >= 0.3 is 11.8 Å². The van der Waals surface area contributed by atoms with E-state index < -0.39 is 11.8 Å². The number of methoxy groups -OCH3 is 1. The summed E-state index contributed by atoms with van der Waals surface area (Å²) in [7, 11) is 1.52. The Hall–Kier alpha value is -2.82. The van der Waals surface area contributed by atoms with Gasteiger partial charge in [-0.2, -0.15) is 0 Å². The number of likely N-dealkylation sites (N-methyl/N-ethyl adjacent to an activating group) is 1. The molecule has 0 bridgehead atoms. The molecule has 0 saturated carbocycles. The minimum absolute atomic E-state index is 0.403. The fourth-order valence-electron chi connectivity index (χ4n) is 2.46. The molecule has 1 N–H and O–H groups in total. The van der Waals surface area contributed by atoms with Crippen LogP contribution in [-0.2, 0) is 9.59 Å². The average molecular weight is 326 g/mol. The zero-order valence-electron chi connectivity index (χ0n) is 14.4. The molecule has 0 heterocycles. The highest BCUT2D eigenvalue weighted by Crippen LogP contribution is 2.25. The summed E-state index contributed by atoms with van der Waals surface area (Å²) in [6.07, 6.45) is 0. The maximum absolute atomic E-state index is 12.5. The molecule has 0 radical (unpaired) electrons. The molecule has 2 amide bonds. The number of carbonyl (C=O) groups excluding carboxylic acids is 2. The van der Waals surface area contributed by atoms with Crippen LogP contribution in [0.25, 0.3) is 0 Å². The van der Waals surface area contributed by atoms with Crippen LogP contribution in [0.1, 0.15) is 18.1 Å². The van der Waals surface area contributed by atoms with Crippen molar-refractivity contribution in [3.8, 4) is 5.75 Å². The largest absolute Gasteiger partial charge is 0.495 e. The summed E-state index contributed by atoms with van der Waals surface area (Å²) < 4.78 is 5.23. The lowest BCUT2D eigenvalue weighted by Gasteiger charge is -2.21. The van der Waals surface area contributed by atoms with Gasteiger partial charge in [-0.15, -0.1) is 0 Å². The van der Waals surface area contributed by atoms with E-state index in [2.05, 4.69) is 5.32 Å². The van der Waals surface area contributed by atoms with E-state index >= 15 is 0 Å². The molecule has 0 saturated heterocycles. The minimum Gasteiger partial charge on any atom is -0.495 e. The average Bonchev–Trinajstić information content (AvgIpc) is 2.55. The quantitative estimate of drug-likeness (QED) is 0.877. The van der Waals surface area contributed by atoms with Crippen molar-refractivity contribution in [2.75, 3.05) is 23.9 Å². The fraction of sp³-hybridized carbons (Fsp3) is 0.263. The lowest BCUT2D eigenvalue weighted by Crippen LogP contribution is -2.39. The summed E-state index contributed by atoms with van der Waals surface area (Å²) in [5.74, 6) is -0.783. The molecule has 5 nitrogen and oxygen atoms in total. The zero-order valence-corrected chi connectivity index (χ0v) is 14.4. The van der Waals surface area contributed by atoms with Crippen LogP contribution in [0, 0.1) is 13.8 Å². The molecule has 0 aromatic heterocycles. The van der Waals surface area contributed by atoms with E-state index in [1.54, 1.807) is 12.1 Å². The molecular weight excluding hydrogens is 304 g/mol. The van der Waals surface area contributed by atoms with Crippen LogP contribution in [0.5, 0.6) is 5.75 Å². The Bertz CT molecular complexity index is 756. The van der Waals surface area contributed by atoms with E-state index in [-0.39, 0.29) is 0 Å². The first-order valence-electron chi connectivity index (χ1n) is 7.80. The summed E-state index contributed by atoms with van der Waals surface area (Å²) in [6, 6.07) is 12.9. The third kappa shape index (κ3) is 3.93. The van der Waals surface area contributed by atoms with E-state index in [1.807, 2.05) is 51.1 Å². The summed E-state index contributed by atoms with van der Waals surface area (Å²) >= 11 is 0. The van der Waals surface area contributed by atoms with Gasteiger partial charge in [0.15, 0.2) is 0 Å². The SMILES string of the molecule is CCN(C(=O)C(=O)Nc1cc(C)ccc1OC)c1cccc(C)c1. The Morgan fingerprint density at radius 1 is 1.08 bits per heavy atom. The Labute approximate surface area is 142 Å². The topological polar surface area (TPSA) is 58.6 Å². The zero-order chi connectivity index (χ0) is 17.7. The molecule has 0 spiro atoms. The molecule has 2 aromatic rings. The van der Waals surface area contributed by atoms with Gasteiger partial charge in [-0.3, -0.25) is 9.59 Å². The maximum Gasteiger partial charge on any atom is 0.316 e. The number of ether oxygens (including phenoxy) is 1. The third-order valence-electron chi connectivity index (χ3n) is 3.67. The number of anilines is 2. The molecule has 0 atom stereocenters. The Balaban J connectivity index is 2.22. The fourth-order valence-corrected chi connectivity index (χ4v) is 2.46. The Morgan fingerprint density at radius 2 is 1.79 bits per heavy atom. The van der Waals surface area contributed by atoms with Crippen LogP contribution >= 0.6 is 0 Å². The van der Waals surface area contributed by atoms with Crippen molar-refractivity contribution in [3.05, 3.63) is 53.6 Å². The van der Waals surface area contributed by atoms with E-state index in [0.717, 1.165) is 11.1 Å². The third-order valence-corrected chi connectivity index (χ3v) is 3.67. The van der Waals surface area contributed by atoms with Gasteiger partial charge in [0.25, 0.3) is 0 Å². The van der Waals surface area contributed by atoms with Crippen LogP contribution in [0.3, 0.4) is 0 Å². The molecular formula is C19H22N2O3. The molecule has 24 heavy (non-hydrogen) atoms. The number of hydrogen-bond acceptors (Lipinski definition) is 3.